The highest BCUT2D eigenvalue weighted by Gasteiger charge is 2.26. The summed E-state index contributed by atoms with van der Waals surface area (Å²) in [6.45, 7) is 0.635. The highest BCUT2D eigenvalue weighted by atomic mass is 35.5. The van der Waals surface area contributed by atoms with Crippen LogP contribution in [0.2, 0.25) is 5.15 Å². The van der Waals surface area contributed by atoms with Crippen LogP contribution in [0, 0.1) is 5.92 Å². The number of imidazole rings is 1. The fourth-order valence-electron chi connectivity index (χ4n) is 4.98. The molecular formula is C27H34ClN7O3. The Balaban J connectivity index is 1.27. The molecule has 202 valence electrons. The molecule has 0 saturated heterocycles. The summed E-state index contributed by atoms with van der Waals surface area (Å²) < 4.78 is 6.65. The van der Waals surface area contributed by atoms with Crippen LogP contribution in [0.3, 0.4) is 0 Å². The molecule has 3 aromatic rings. The summed E-state index contributed by atoms with van der Waals surface area (Å²) in [5.74, 6) is 1.13. The number of halogens is 1. The number of amides is 1. The highest BCUT2D eigenvalue weighted by molar-refractivity contribution is 6.29. The lowest BCUT2D eigenvalue weighted by Crippen LogP contribution is -2.28. The number of carbonyl (C=O) groups is 2. The molecule has 1 amide bonds. The standard InChI is InChI=1S/C27H34ClN7O3/c1-38-12-2-3-21(36)13-17-4-6-19(7-5-17)32-25-15-22(31-18-8-9-18)26-30-16-23(35(26)34-25)27(37)33-20-10-11-29-24(28)14-20/h10-11,14-19,31H,2-9,12-13H2,1H3,(H,32,34)(H,29,33,37). The van der Waals surface area contributed by atoms with Gasteiger partial charge in [0.1, 0.15) is 16.8 Å². The zero-order chi connectivity index (χ0) is 26.5. The maximum atomic E-state index is 13.1. The molecule has 2 fully saturated rings. The van der Waals surface area contributed by atoms with Gasteiger partial charge in [0.2, 0.25) is 0 Å². The minimum Gasteiger partial charge on any atom is -0.385 e. The van der Waals surface area contributed by atoms with Crippen molar-refractivity contribution < 1.29 is 14.3 Å². The Kier molecular flexibility index (Phi) is 8.38. The van der Waals surface area contributed by atoms with E-state index in [4.69, 9.17) is 21.4 Å². The SMILES string of the molecule is COCCCC(=O)CC1CCC(Nc2cc(NC3CC3)c3ncc(C(=O)Nc4ccnc(Cl)c4)n3n2)CC1. The monoisotopic (exact) mass is 539 g/mol. The number of carbonyl (C=O) groups excluding carboxylic acids is 2. The molecule has 10 nitrogen and oxygen atoms in total. The van der Waals surface area contributed by atoms with Gasteiger partial charge in [-0.1, -0.05) is 11.6 Å². The summed E-state index contributed by atoms with van der Waals surface area (Å²) in [6, 6.07) is 5.92. The average molecular weight is 540 g/mol. The molecule has 0 aromatic carbocycles. The summed E-state index contributed by atoms with van der Waals surface area (Å²) in [5, 5.41) is 15.0. The Morgan fingerprint density at radius 1 is 1.08 bits per heavy atom. The molecule has 3 heterocycles. The minimum absolute atomic E-state index is 0.258. The van der Waals surface area contributed by atoms with E-state index in [-0.39, 0.29) is 11.9 Å². The normalized spacial score (nSPS) is 19.3. The van der Waals surface area contributed by atoms with Crippen LogP contribution in [0.25, 0.3) is 5.65 Å². The van der Waals surface area contributed by atoms with E-state index in [0.29, 0.717) is 65.2 Å². The van der Waals surface area contributed by atoms with Gasteiger partial charge < -0.3 is 20.7 Å². The molecule has 3 aromatic heterocycles. The smallest absolute Gasteiger partial charge is 0.276 e. The number of pyridine rings is 1. The van der Waals surface area contributed by atoms with Gasteiger partial charge in [-0.05, 0) is 63.0 Å². The zero-order valence-corrected chi connectivity index (χ0v) is 22.3. The van der Waals surface area contributed by atoms with Gasteiger partial charge in [-0.15, -0.1) is 5.10 Å². The number of Topliss-reactive ketones (excluding diaryl/α,β-unsaturated/α-hetero) is 1. The summed E-state index contributed by atoms with van der Waals surface area (Å²) in [5.41, 5.74) is 2.33. The summed E-state index contributed by atoms with van der Waals surface area (Å²) in [4.78, 5) is 33.8. The topological polar surface area (TPSA) is 123 Å². The highest BCUT2D eigenvalue weighted by Crippen LogP contribution is 2.32. The molecule has 0 bridgehead atoms. The Hall–Kier alpha value is -3.24. The summed E-state index contributed by atoms with van der Waals surface area (Å²) in [7, 11) is 1.66. The molecule has 0 unspecified atom stereocenters. The third-order valence-electron chi connectivity index (χ3n) is 7.14. The second kappa shape index (κ2) is 12.1. The molecule has 2 aliphatic carbocycles. The first-order chi connectivity index (χ1) is 18.5. The molecule has 0 radical (unpaired) electrons. The van der Waals surface area contributed by atoms with E-state index in [0.717, 1.165) is 50.6 Å². The number of methoxy groups -OCH3 is 1. The van der Waals surface area contributed by atoms with E-state index in [9.17, 15) is 9.59 Å². The van der Waals surface area contributed by atoms with E-state index in [1.807, 2.05) is 6.07 Å². The second-order valence-corrected chi connectivity index (χ2v) is 10.7. The van der Waals surface area contributed by atoms with Crippen molar-refractivity contribution >= 4 is 46.1 Å². The lowest BCUT2D eigenvalue weighted by Gasteiger charge is -2.29. The number of rotatable bonds is 12. The van der Waals surface area contributed by atoms with Crippen molar-refractivity contribution in [3.05, 3.63) is 41.4 Å². The van der Waals surface area contributed by atoms with Crippen molar-refractivity contribution in [1.82, 2.24) is 19.6 Å². The Morgan fingerprint density at radius 2 is 1.84 bits per heavy atom. The van der Waals surface area contributed by atoms with E-state index in [1.54, 1.807) is 23.8 Å². The molecule has 38 heavy (non-hydrogen) atoms. The lowest BCUT2D eigenvalue weighted by molar-refractivity contribution is -0.120. The van der Waals surface area contributed by atoms with Crippen LogP contribution in [-0.4, -0.2) is 57.1 Å². The molecule has 3 N–H and O–H groups in total. The van der Waals surface area contributed by atoms with Crippen LogP contribution in [0.4, 0.5) is 17.2 Å². The number of anilines is 3. The van der Waals surface area contributed by atoms with Gasteiger partial charge in [-0.25, -0.2) is 14.5 Å². The van der Waals surface area contributed by atoms with Gasteiger partial charge in [0, 0.05) is 56.6 Å². The van der Waals surface area contributed by atoms with Crippen LogP contribution in [0.15, 0.2) is 30.6 Å². The van der Waals surface area contributed by atoms with Crippen LogP contribution >= 0.6 is 11.6 Å². The van der Waals surface area contributed by atoms with Crippen LogP contribution in [0.1, 0.15) is 68.3 Å². The predicted octanol–water partition coefficient (Wildman–Crippen LogP) is 4.96. The van der Waals surface area contributed by atoms with Crippen molar-refractivity contribution in [2.45, 2.75) is 69.9 Å². The molecule has 0 atom stereocenters. The van der Waals surface area contributed by atoms with E-state index in [2.05, 4.69) is 25.9 Å². The van der Waals surface area contributed by atoms with Crippen molar-refractivity contribution in [1.29, 1.82) is 0 Å². The Bertz CT molecular complexity index is 1280. The van der Waals surface area contributed by atoms with E-state index >= 15 is 0 Å². The molecule has 2 aliphatic rings. The Labute approximate surface area is 226 Å². The van der Waals surface area contributed by atoms with Gasteiger partial charge in [0.15, 0.2) is 11.3 Å². The average Bonchev–Trinajstić information content (AvgIpc) is 3.60. The lowest BCUT2D eigenvalue weighted by atomic mass is 9.82. The number of nitrogens with one attached hydrogen (secondary N) is 3. The third kappa shape index (κ3) is 6.79. The van der Waals surface area contributed by atoms with Gasteiger partial charge in [-0.2, -0.15) is 0 Å². The molecule has 11 heteroatoms. The van der Waals surface area contributed by atoms with E-state index < -0.39 is 0 Å². The molecule has 0 aliphatic heterocycles. The fraction of sp³-hybridized carbons (Fsp3) is 0.519. The number of ether oxygens (including phenoxy) is 1. The minimum atomic E-state index is -0.336. The second-order valence-electron chi connectivity index (χ2n) is 10.3. The summed E-state index contributed by atoms with van der Waals surface area (Å²) in [6.07, 6.45) is 11.3. The third-order valence-corrected chi connectivity index (χ3v) is 7.35. The van der Waals surface area contributed by atoms with Crippen LogP contribution in [-0.2, 0) is 9.53 Å². The Morgan fingerprint density at radius 3 is 2.58 bits per heavy atom. The largest absolute Gasteiger partial charge is 0.385 e. The number of hydrogen-bond acceptors (Lipinski definition) is 8. The number of fused-ring (bicyclic) bond motifs is 1. The molecular weight excluding hydrogens is 506 g/mol. The molecule has 0 spiro atoms. The first-order valence-corrected chi connectivity index (χ1v) is 13.7. The maximum absolute atomic E-state index is 13.1. The zero-order valence-electron chi connectivity index (χ0n) is 21.6. The number of ketones is 1. The fourth-order valence-corrected chi connectivity index (χ4v) is 5.15. The van der Waals surface area contributed by atoms with Gasteiger partial charge >= 0.3 is 0 Å². The number of nitrogens with zero attached hydrogens (tertiary/aromatic N) is 4. The first-order valence-electron chi connectivity index (χ1n) is 13.3. The van der Waals surface area contributed by atoms with Crippen LogP contribution in [0.5, 0.6) is 0 Å². The van der Waals surface area contributed by atoms with Crippen molar-refractivity contribution in [2.75, 3.05) is 29.7 Å². The quantitative estimate of drug-likeness (QED) is 0.218. The number of hydrogen-bond donors (Lipinski definition) is 3. The predicted molar refractivity (Wildman–Crippen MR) is 147 cm³/mol. The van der Waals surface area contributed by atoms with Gasteiger partial charge in [-0.3, -0.25) is 9.59 Å². The van der Waals surface area contributed by atoms with Crippen molar-refractivity contribution in [3.63, 3.8) is 0 Å². The van der Waals surface area contributed by atoms with Crippen LogP contribution < -0.4 is 16.0 Å². The summed E-state index contributed by atoms with van der Waals surface area (Å²) >= 11 is 5.97. The first kappa shape index (κ1) is 26.4. The van der Waals surface area contributed by atoms with Crippen molar-refractivity contribution in [2.24, 2.45) is 5.92 Å². The molecule has 5 rings (SSSR count). The number of aromatic nitrogens is 4. The van der Waals surface area contributed by atoms with Crippen molar-refractivity contribution in [3.8, 4) is 0 Å². The van der Waals surface area contributed by atoms with Gasteiger partial charge in [0.25, 0.3) is 5.91 Å². The van der Waals surface area contributed by atoms with Gasteiger partial charge in [0.05, 0.1) is 11.9 Å². The van der Waals surface area contributed by atoms with E-state index in [1.165, 1.54) is 12.4 Å². The molecule has 2 saturated carbocycles. The maximum Gasteiger partial charge on any atom is 0.276 e.